The molecule has 4 nitrogen and oxygen atoms in total. The number of hydrogen-bond donors (Lipinski definition) is 1. The lowest BCUT2D eigenvalue weighted by Gasteiger charge is -2.15. The van der Waals surface area contributed by atoms with Crippen LogP contribution in [0.3, 0.4) is 0 Å². The molecule has 0 saturated heterocycles. The van der Waals surface area contributed by atoms with Gasteiger partial charge in [0.05, 0.1) is 0 Å². The van der Waals surface area contributed by atoms with E-state index in [1.165, 1.54) is 11.0 Å². The molecule has 1 aromatic rings. The lowest BCUT2D eigenvalue weighted by Crippen LogP contribution is -2.26. The predicted molar refractivity (Wildman–Crippen MR) is 59.3 cm³/mol. The number of rotatable bonds is 4. The number of aromatic hydroxyl groups is 1. The zero-order valence-corrected chi connectivity index (χ0v) is 9.24. The molecule has 82 valence electrons. The van der Waals surface area contributed by atoms with Crippen molar-refractivity contribution in [1.82, 2.24) is 4.98 Å². The summed E-state index contributed by atoms with van der Waals surface area (Å²) in [4.78, 5) is 16.8. The molecule has 0 aromatic carbocycles. The molecule has 0 fully saturated rings. The SMILES string of the molecule is CN(C(=O)CCCCl)c1cccc(O)n1. The smallest absolute Gasteiger partial charge is 0.227 e. The van der Waals surface area contributed by atoms with Gasteiger partial charge in [0.1, 0.15) is 5.82 Å². The number of carbonyl (C=O) groups is 1. The fraction of sp³-hybridized carbons (Fsp3) is 0.400. The largest absolute Gasteiger partial charge is 0.493 e. The minimum atomic E-state index is -0.0931. The molecule has 0 bridgehead atoms. The number of nitrogens with zero attached hydrogens (tertiary/aromatic N) is 2. The Kier molecular flexibility index (Phi) is 4.37. The number of anilines is 1. The first-order valence-electron chi connectivity index (χ1n) is 4.63. The summed E-state index contributed by atoms with van der Waals surface area (Å²) in [6, 6.07) is 4.77. The van der Waals surface area contributed by atoms with Crippen LogP contribution < -0.4 is 4.90 Å². The molecule has 0 unspecified atom stereocenters. The van der Waals surface area contributed by atoms with Gasteiger partial charge in [0.15, 0.2) is 0 Å². The third-order valence-electron chi connectivity index (χ3n) is 1.96. The Balaban J connectivity index is 2.67. The molecule has 0 aliphatic carbocycles. The topological polar surface area (TPSA) is 53.4 Å². The van der Waals surface area contributed by atoms with E-state index in [4.69, 9.17) is 16.7 Å². The van der Waals surface area contributed by atoms with Gasteiger partial charge < -0.3 is 5.11 Å². The van der Waals surface area contributed by atoms with Crippen LogP contribution in [0.1, 0.15) is 12.8 Å². The van der Waals surface area contributed by atoms with Crippen LogP contribution in [0.15, 0.2) is 18.2 Å². The Hall–Kier alpha value is -1.29. The van der Waals surface area contributed by atoms with E-state index in [2.05, 4.69) is 4.98 Å². The average molecular weight is 229 g/mol. The summed E-state index contributed by atoms with van der Waals surface area (Å²) in [6.07, 6.45) is 1.03. The van der Waals surface area contributed by atoms with E-state index in [9.17, 15) is 4.79 Å². The van der Waals surface area contributed by atoms with E-state index in [-0.39, 0.29) is 11.8 Å². The molecule has 1 heterocycles. The van der Waals surface area contributed by atoms with Crippen LogP contribution in [-0.4, -0.2) is 28.9 Å². The molecule has 5 heteroatoms. The molecule has 0 saturated carbocycles. The summed E-state index contributed by atoms with van der Waals surface area (Å²) in [6.45, 7) is 0. The van der Waals surface area contributed by atoms with E-state index in [1.807, 2.05) is 0 Å². The van der Waals surface area contributed by atoms with Crippen molar-refractivity contribution in [3.05, 3.63) is 18.2 Å². The van der Waals surface area contributed by atoms with Crippen molar-refractivity contribution in [2.75, 3.05) is 17.8 Å². The Bertz CT molecular complexity index is 344. The summed E-state index contributed by atoms with van der Waals surface area (Å²) >= 11 is 5.50. The standard InChI is InChI=1S/C10H13ClN2O2/c1-13(10(15)6-3-7-11)8-4-2-5-9(14)12-8/h2,4-5H,3,6-7H2,1H3,(H,12,14). The molecule has 0 aliphatic heterocycles. The zero-order chi connectivity index (χ0) is 11.3. The van der Waals surface area contributed by atoms with Crippen LogP contribution in [0.4, 0.5) is 5.82 Å². The molecule has 1 amide bonds. The molecule has 0 spiro atoms. The molecule has 0 atom stereocenters. The van der Waals surface area contributed by atoms with Gasteiger partial charge in [-0.15, -0.1) is 11.6 Å². The molecular formula is C10H13ClN2O2. The van der Waals surface area contributed by atoms with Crippen molar-refractivity contribution in [3.63, 3.8) is 0 Å². The van der Waals surface area contributed by atoms with Gasteiger partial charge in [0.2, 0.25) is 11.8 Å². The van der Waals surface area contributed by atoms with E-state index in [0.29, 0.717) is 24.5 Å². The maximum atomic E-state index is 11.6. The highest BCUT2D eigenvalue weighted by molar-refractivity contribution is 6.18. The Labute approximate surface area is 93.5 Å². The van der Waals surface area contributed by atoms with E-state index in [0.717, 1.165) is 0 Å². The van der Waals surface area contributed by atoms with E-state index in [1.54, 1.807) is 19.2 Å². The van der Waals surface area contributed by atoms with Crippen molar-refractivity contribution < 1.29 is 9.90 Å². The summed E-state index contributed by atoms with van der Waals surface area (Å²) in [5.41, 5.74) is 0. The lowest BCUT2D eigenvalue weighted by atomic mass is 10.3. The lowest BCUT2D eigenvalue weighted by molar-refractivity contribution is -0.118. The first kappa shape index (κ1) is 11.8. The quantitative estimate of drug-likeness (QED) is 0.800. The summed E-state index contributed by atoms with van der Waals surface area (Å²) < 4.78 is 0. The highest BCUT2D eigenvalue weighted by atomic mass is 35.5. The number of aromatic nitrogens is 1. The minimum absolute atomic E-state index is 0.0613. The monoisotopic (exact) mass is 228 g/mol. The Morgan fingerprint density at radius 1 is 1.60 bits per heavy atom. The average Bonchev–Trinajstić information content (AvgIpc) is 2.24. The van der Waals surface area contributed by atoms with Crippen molar-refractivity contribution >= 4 is 23.3 Å². The van der Waals surface area contributed by atoms with E-state index < -0.39 is 0 Å². The van der Waals surface area contributed by atoms with Gasteiger partial charge >= 0.3 is 0 Å². The third-order valence-corrected chi connectivity index (χ3v) is 2.23. The van der Waals surface area contributed by atoms with Gasteiger partial charge in [-0.05, 0) is 12.5 Å². The van der Waals surface area contributed by atoms with Gasteiger partial charge in [0, 0.05) is 25.4 Å². The van der Waals surface area contributed by atoms with Crippen molar-refractivity contribution in [1.29, 1.82) is 0 Å². The molecule has 15 heavy (non-hydrogen) atoms. The maximum absolute atomic E-state index is 11.6. The van der Waals surface area contributed by atoms with Gasteiger partial charge in [0.25, 0.3) is 0 Å². The number of carbonyl (C=O) groups excluding carboxylic acids is 1. The molecule has 1 N–H and O–H groups in total. The highest BCUT2D eigenvalue weighted by Gasteiger charge is 2.11. The van der Waals surface area contributed by atoms with Gasteiger partial charge in [-0.25, -0.2) is 0 Å². The summed E-state index contributed by atoms with van der Waals surface area (Å²) in [7, 11) is 1.62. The second-order valence-corrected chi connectivity index (χ2v) is 3.48. The van der Waals surface area contributed by atoms with Crippen LogP contribution in [0, 0.1) is 0 Å². The van der Waals surface area contributed by atoms with Crippen LogP contribution in [0.5, 0.6) is 5.88 Å². The maximum Gasteiger partial charge on any atom is 0.227 e. The normalized spacial score (nSPS) is 10.0. The number of halogens is 1. The van der Waals surface area contributed by atoms with E-state index >= 15 is 0 Å². The van der Waals surface area contributed by atoms with Crippen LogP contribution in [0.25, 0.3) is 0 Å². The Morgan fingerprint density at radius 3 is 2.93 bits per heavy atom. The van der Waals surface area contributed by atoms with Crippen LogP contribution >= 0.6 is 11.6 Å². The number of amides is 1. The first-order valence-corrected chi connectivity index (χ1v) is 5.17. The van der Waals surface area contributed by atoms with Crippen molar-refractivity contribution in [3.8, 4) is 5.88 Å². The zero-order valence-electron chi connectivity index (χ0n) is 8.48. The second-order valence-electron chi connectivity index (χ2n) is 3.10. The van der Waals surface area contributed by atoms with Gasteiger partial charge in [-0.2, -0.15) is 4.98 Å². The van der Waals surface area contributed by atoms with Crippen LogP contribution in [-0.2, 0) is 4.79 Å². The Morgan fingerprint density at radius 2 is 2.33 bits per heavy atom. The van der Waals surface area contributed by atoms with Gasteiger partial charge in [-0.3, -0.25) is 9.69 Å². The number of hydrogen-bond acceptors (Lipinski definition) is 3. The number of pyridine rings is 1. The second kappa shape index (κ2) is 5.56. The first-order chi connectivity index (χ1) is 7.15. The number of alkyl halides is 1. The fourth-order valence-electron chi connectivity index (χ4n) is 1.11. The molecule has 0 aliphatic rings. The third kappa shape index (κ3) is 3.40. The van der Waals surface area contributed by atoms with Crippen molar-refractivity contribution in [2.45, 2.75) is 12.8 Å². The molecule has 1 rings (SSSR count). The summed E-state index contributed by atoms with van der Waals surface area (Å²) in [5.74, 6) is 0.750. The predicted octanol–water partition coefficient (Wildman–Crippen LogP) is 1.77. The minimum Gasteiger partial charge on any atom is -0.493 e. The van der Waals surface area contributed by atoms with Crippen LogP contribution in [0.2, 0.25) is 0 Å². The molecular weight excluding hydrogens is 216 g/mol. The summed E-state index contributed by atoms with van der Waals surface area (Å²) in [5, 5.41) is 9.15. The van der Waals surface area contributed by atoms with Gasteiger partial charge in [-0.1, -0.05) is 6.07 Å². The molecule has 1 aromatic heterocycles. The van der Waals surface area contributed by atoms with Crippen molar-refractivity contribution in [2.24, 2.45) is 0 Å². The molecule has 0 radical (unpaired) electrons. The fourth-order valence-corrected chi connectivity index (χ4v) is 1.25. The highest BCUT2D eigenvalue weighted by Crippen LogP contribution is 2.14.